The SMILES string of the molecule is C=C(N[C@H](Cc1ccccc1)C(=O)N[C@@H](CCCN)C(=O)NCC(=O)N[C@@H](CCCCNC)C(N)=O)C1(NC(=O)[C@H](C)NC(=O)CCCC)CCN(c2ccccc2)CC1. The molecular formula is C44H68N10O6. The van der Waals surface area contributed by atoms with Crippen molar-refractivity contribution in [2.24, 2.45) is 11.5 Å². The van der Waals surface area contributed by atoms with E-state index in [9.17, 15) is 28.8 Å². The van der Waals surface area contributed by atoms with Crippen LogP contribution in [0.3, 0.4) is 0 Å². The molecule has 0 bridgehead atoms. The number of hydrogen-bond donors (Lipinski definition) is 9. The molecule has 0 radical (unpaired) electrons. The molecule has 3 rings (SSSR count). The summed E-state index contributed by atoms with van der Waals surface area (Å²) in [7, 11) is 1.82. The molecule has 1 saturated heterocycles. The molecule has 1 heterocycles. The molecule has 6 amide bonds. The molecule has 16 nitrogen and oxygen atoms in total. The number of benzene rings is 2. The summed E-state index contributed by atoms with van der Waals surface area (Å²) in [6.45, 7) is 9.78. The van der Waals surface area contributed by atoms with E-state index in [1.807, 2.05) is 74.6 Å². The molecule has 4 atom stereocenters. The second-order valence-corrected chi connectivity index (χ2v) is 15.5. The summed E-state index contributed by atoms with van der Waals surface area (Å²) >= 11 is 0. The highest BCUT2D eigenvalue weighted by atomic mass is 16.2. The Labute approximate surface area is 355 Å². The number of anilines is 1. The molecule has 0 unspecified atom stereocenters. The third-order valence-electron chi connectivity index (χ3n) is 10.8. The van der Waals surface area contributed by atoms with Crippen molar-refractivity contribution in [3.63, 3.8) is 0 Å². The monoisotopic (exact) mass is 833 g/mol. The number of rotatable bonds is 27. The average molecular weight is 833 g/mol. The number of para-hydroxylation sites is 1. The van der Waals surface area contributed by atoms with Crippen LogP contribution in [-0.2, 0) is 35.2 Å². The molecular weight excluding hydrogens is 765 g/mol. The summed E-state index contributed by atoms with van der Waals surface area (Å²) < 4.78 is 0. The molecule has 1 fully saturated rings. The number of primary amides is 1. The van der Waals surface area contributed by atoms with Gasteiger partial charge in [-0.25, -0.2) is 0 Å². The van der Waals surface area contributed by atoms with Gasteiger partial charge in [0.15, 0.2) is 0 Å². The molecule has 0 saturated carbocycles. The van der Waals surface area contributed by atoms with Gasteiger partial charge in [0, 0.05) is 37.3 Å². The molecule has 0 aromatic heterocycles. The van der Waals surface area contributed by atoms with Crippen LogP contribution in [0.4, 0.5) is 5.69 Å². The van der Waals surface area contributed by atoms with E-state index in [2.05, 4.69) is 48.7 Å². The van der Waals surface area contributed by atoms with Crippen molar-refractivity contribution in [2.75, 3.05) is 44.7 Å². The van der Waals surface area contributed by atoms with Crippen LogP contribution < -0.4 is 53.6 Å². The van der Waals surface area contributed by atoms with Crippen LogP contribution in [0.25, 0.3) is 0 Å². The molecule has 60 heavy (non-hydrogen) atoms. The number of carbonyl (C=O) groups excluding carboxylic acids is 6. The standard InChI is InChI=1S/C44H68N10O6/c1-5-6-22-38(55)49-31(2)41(58)53-44(23-27-54(28-24-44)34-18-11-8-12-19-34)32(3)50-37(29-33-16-9-7-10-17-33)43(60)52-36(21-15-25-45)42(59)48-30-39(56)51-35(40(46)57)20-13-14-26-47-4/h7-12,16-19,31,35-37,47,50H,3,5-6,13-15,20-30,45H2,1-2,4H3,(H2,46,57)(H,48,59)(H,49,55)(H,51,56)(H,52,60)(H,53,58)/t31-,35-,36-,37+/m0/s1. The lowest BCUT2D eigenvalue weighted by atomic mass is 9.83. The molecule has 0 aliphatic carbocycles. The predicted molar refractivity (Wildman–Crippen MR) is 234 cm³/mol. The van der Waals surface area contributed by atoms with Crippen molar-refractivity contribution < 1.29 is 28.8 Å². The van der Waals surface area contributed by atoms with Crippen LogP contribution in [0.2, 0.25) is 0 Å². The van der Waals surface area contributed by atoms with Crippen molar-refractivity contribution in [3.05, 3.63) is 78.5 Å². The predicted octanol–water partition coefficient (Wildman–Crippen LogP) is 1.25. The van der Waals surface area contributed by atoms with Gasteiger partial charge < -0.3 is 53.6 Å². The molecule has 16 heteroatoms. The minimum Gasteiger partial charge on any atom is -0.375 e. The minimum atomic E-state index is -1.05. The smallest absolute Gasteiger partial charge is 0.243 e. The van der Waals surface area contributed by atoms with Crippen LogP contribution in [0.1, 0.15) is 83.6 Å². The Morgan fingerprint density at radius 3 is 2.03 bits per heavy atom. The molecule has 1 aliphatic rings. The summed E-state index contributed by atoms with van der Waals surface area (Å²) in [4.78, 5) is 81.3. The first-order valence-corrected chi connectivity index (χ1v) is 21.2. The van der Waals surface area contributed by atoms with E-state index in [1.165, 1.54) is 0 Å². The zero-order valence-corrected chi connectivity index (χ0v) is 35.7. The quantitative estimate of drug-likeness (QED) is 0.0584. The van der Waals surface area contributed by atoms with Crippen molar-refractivity contribution in [1.82, 2.24) is 37.2 Å². The lowest BCUT2D eigenvalue weighted by Gasteiger charge is -2.45. The third-order valence-corrected chi connectivity index (χ3v) is 10.8. The van der Waals surface area contributed by atoms with E-state index in [0.29, 0.717) is 63.7 Å². The van der Waals surface area contributed by atoms with Crippen molar-refractivity contribution in [2.45, 2.75) is 114 Å². The van der Waals surface area contributed by atoms with Crippen molar-refractivity contribution in [3.8, 4) is 0 Å². The maximum Gasteiger partial charge on any atom is 0.243 e. The number of unbranched alkanes of at least 4 members (excludes halogenated alkanes) is 2. The second kappa shape index (κ2) is 25.9. The van der Waals surface area contributed by atoms with Crippen LogP contribution in [0.15, 0.2) is 72.9 Å². The normalized spacial score (nSPS) is 15.3. The number of nitrogens with zero attached hydrogens (tertiary/aromatic N) is 1. The van der Waals surface area contributed by atoms with Gasteiger partial charge in [0.05, 0.1) is 12.1 Å². The molecule has 1 aliphatic heterocycles. The number of nitrogens with one attached hydrogen (secondary N) is 7. The Kier molecular flexibility index (Phi) is 21.1. The topological polar surface area (TPSA) is 242 Å². The summed E-state index contributed by atoms with van der Waals surface area (Å²) in [5, 5.41) is 20.5. The maximum atomic E-state index is 14.3. The number of amides is 6. The van der Waals surface area contributed by atoms with Gasteiger partial charge in [-0.2, -0.15) is 0 Å². The van der Waals surface area contributed by atoms with Gasteiger partial charge in [0.1, 0.15) is 24.2 Å². The van der Waals surface area contributed by atoms with Gasteiger partial charge in [-0.15, -0.1) is 0 Å². The first-order valence-electron chi connectivity index (χ1n) is 21.2. The first kappa shape index (κ1) is 48.9. The Morgan fingerprint density at radius 2 is 1.42 bits per heavy atom. The Bertz CT molecular complexity index is 1690. The summed E-state index contributed by atoms with van der Waals surface area (Å²) in [6, 6.07) is 15.6. The summed E-state index contributed by atoms with van der Waals surface area (Å²) in [5.41, 5.74) is 12.6. The molecule has 330 valence electrons. The lowest BCUT2D eigenvalue weighted by molar-refractivity contribution is -0.132. The van der Waals surface area contributed by atoms with E-state index < -0.39 is 59.9 Å². The Balaban J connectivity index is 1.82. The fourth-order valence-corrected chi connectivity index (χ4v) is 7.09. The van der Waals surface area contributed by atoms with Gasteiger partial charge in [0.2, 0.25) is 35.4 Å². The van der Waals surface area contributed by atoms with Crippen molar-refractivity contribution >= 4 is 41.1 Å². The summed E-state index contributed by atoms with van der Waals surface area (Å²) in [5.74, 6) is -2.94. The number of carbonyl (C=O) groups is 6. The fourth-order valence-electron chi connectivity index (χ4n) is 7.09. The van der Waals surface area contributed by atoms with Gasteiger partial charge in [-0.05, 0) is 96.1 Å². The van der Waals surface area contributed by atoms with E-state index in [4.69, 9.17) is 11.5 Å². The number of nitrogens with two attached hydrogens (primary N) is 2. The number of hydrogen-bond acceptors (Lipinski definition) is 10. The average Bonchev–Trinajstić information content (AvgIpc) is 3.24. The lowest BCUT2D eigenvalue weighted by Crippen LogP contribution is -2.63. The molecule has 0 spiro atoms. The maximum absolute atomic E-state index is 14.3. The largest absolute Gasteiger partial charge is 0.375 e. The third kappa shape index (κ3) is 16.3. The Hall–Kier alpha value is -5.48. The Morgan fingerprint density at radius 1 is 0.767 bits per heavy atom. The molecule has 2 aromatic carbocycles. The molecule has 2 aromatic rings. The second-order valence-electron chi connectivity index (χ2n) is 15.5. The van der Waals surface area contributed by atoms with Crippen LogP contribution >= 0.6 is 0 Å². The number of piperidine rings is 1. The van der Waals surface area contributed by atoms with Gasteiger partial charge in [-0.1, -0.05) is 68.5 Å². The van der Waals surface area contributed by atoms with Crippen LogP contribution in [0, 0.1) is 0 Å². The highest BCUT2D eigenvalue weighted by molar-refractivity contribution is 5.93. The highest BCUT2D eigenvalue weighted by Gasteiger charge is 2.41. The van der Waals surface area contributed by atoms with E-state index in [1.54, 1.807) is 6.92 Å². The van der Waals surface area contributed by atoms with Gasteiger partial charge >= 0.3 is 0 Å². The van der Waals surface area contributed by atoms with E-state index >= 15 is 0 Å². The van der Waals surface area contributed by atoms with Gasteiger partial charge in [-0.3, -0.25) is 28.8 Å². The summed E-state index contributed by atoms with van der Waals surface area (Å²) in [6.07, 6.45) is 5.42. The van der Waals surface area contributed by atoms with Crippen LogP contribution in [-0.4, -0.2) is 105 Å². The molecule has 11 N–H and O–H groups in total. The fraction of sp³-hybridized carbons (Fsp3) is 0.545. The zero-order chi connectivity index (χ0) is 43.9. The van der Waals surface area contributed by atoms with Crippen LogP contribution in [0.5, 0.6) is 0 Å². The van der Waals surface area contributed by atoms with Crippen molar-refractivity contribution in [1.29, 1.82) is 0 Å². The van der Waals surface area contributed by atoms with E-state index in [-0.39, 0.29) is 31.2 Å². The minimum absolute atomic E-state index is 0.196. The first-order chi connectivity index (χ1) is 28.8. The van der Waals surface area contributed by atoms with Gasteiger partial charge in [0.25, 0.3) is 0 Å². The zero-order valence-electron chi connectivity index (χ0n) is 35.7. The van der Waals surface area contributed by atoms with E-state index in [0.717, 1.165) is 30.6 Å². The highest BCUT2D eigenvalue weighted by Crippen LogP contribution is 2.31.